The van der Waals surface area contributed by atoms with Gasteiger partial charge in [-0.05, 0) is 60.7 Å². The van der Waals surface area contributed by atoms with Crippen molar-refractivity contribution in [3.63, 3.8) is 0 Å². The molecule has 0 aliphatic heterocycles. The van der Waals surface area contributed by atoms with Crippen LogP contribution in [0.3, 0.4) is 0 Å². The molecule has 1 unspecified atom stereocenters. The molecule has 1 atom stereocenters. The molecule has 0 aromatic heterocycles. The molecule has 2 aromatic rings. The van der Waals surface area contributed by atoms with Gasteiger partial charge in [0, 0.05) is 6.04 Å². The van der Waals surface area contributed by atoms with Gasteiger partial charge in [0.2, 0.25) is 0 Å². The third kappa shape index (κ3) is 4.15. The summed E-state index contributed by atoms with van der Waals surface area (Å²) >= 11 is 0. The Morgan fingerprint density at radius 3 is 2.29 bits per heavy atom. The quantitative estimate of drug-likeness (QED) is 0.764. The first-order valence-corrected chi connectivity index (χ1v) is 7.75. The Balaban J connectivity index is 2.21. The van der Waals surface area contributed by atoms with Crippen LogP contribution in [0.4, 0.5) is 4.39 Å². The number of halogens is 1. The fourth-order valence-electron chi connectivity index (χ4n) is 2.63. The van der Waals surface area contributed by atoms with E-state index in [1.807, 2.05) is 13.0 Å². The predicted octanol–water partition coefficient (Wildman–Crippen LogP) is 5.25. The molecule has 2 aromatic carbocycles. The zero-order valence-electron chi connectivity index (χ0n) is 13.1. The van der Waals surface area contributed by atoms with Gasteiger partial charge in [0.05, 0.1) is 0 Å². The molecule has 0 bridgehead atoms. The van der Waals surface area contributed by atoms with Crippen molar-refractivity contribution in [2.75, 3.05) is 6.54 Å². The van der Waals surface area contributed by atoms with E-state index >= 15 is 0 Å². The fourth-order valence-corrected chi connectivity index (χ4v) is 2.63. The fraction of sp³-hybridized carbons (Fsp3) is 0.368. The number of benzene rings is 2. The van der Waals surface area contributed by atoms with E-state index < -0.39 is 0 Å². The van der Waals surface area contributed by atoms with Crippen molar-refractivity contribution in [3.8, 4) is 11.1 Å². The summed E-state index contributed by atoms with van der Waals surface area (Å²) in [5, 5.41) is 3.55. The highest BCUT2D eigenvalue weighted by Gasteiger charge is 2.08. The highest BCUT2D eigenvalue weighted by molar-refractivity contribution is 5.64. The Morgan fingerprint density at radius 2 is 1.71 bits per heavy atom. The third-order valence-electron chi connectivity index (χ3n) is 3.74. The van der Waals surface area contributed by atoms with Gasteiger partial charge < -0.3 is 5.32 Å². The molecule has 0 aliphatic carbocycles. The Hall–Kier alpha value is -1.67. The van der Waals surface area contributed by atoms with Gasteiger partial charge in [-0.15, -0.1) is 0 Å². The topological polar surface area (TPSA) is 12.0 Å². The zero-order chi connectivity index (χ0) is 15.2. The second-order valence-corrected chi connectivity index (χ2v) is 5.55. The van der Waals surface area contributed by atoms with Gasteiger partial charge in [0.1, 0.15) is 5.82 Å². The largest absolute Gasteiger partial charge is 0.310 e. The first kappa shape index (κ1) is 15.7. The maximum atomic E-state index is 13.5. The van der Waals surface area contributed by atoms with Crippen LogP contribution < -0.4 is 5.32 Å². The van der Waals surface area contributed by atoms with Gasteiger partial charge in [-0.2, -0.15) is 0 Å². The number of hydrogen-bond acceptors (Lipinski definition) is 1. The van der Waals surface area contributed by atoms with Crippen molar-refractivity contribution < 1.29 is 4.39 Å². The van der Waals surface area contributed by atoms with Gasteiger partial charge in [-0.3, -0.25) is 0 Å². The minimum Gasteiger partial charge on any atom is -0.310 e. The van der Waals surface area contributed by atoms with Crippen LogP contribution in [-0.2, 0) is 0 Å². The second kappa shape index (κ2) is 7.37. The number of nitrogens with one attached hydrogen (secondary N) is 1. The summed E-state index contributed by atoms with van der Waals surface area (Å²) in [6, 6.07) is 14.0. The van der Waals surface area contributed by atoms with Gasteiger partial charge in [-0.25, -0.2) is 4.39 Å². The van der Waals surface area contributed by atoms with Crippen LogP contribution in [0.2, 0.25) is 0 Å². The molecular weight excluding hydrogens is 261 g/mol. The standard InChI is InChI=1S/C19H24FN/c1-4-10-21-19(5-2)16-8-6-15(7-9-16)17-11-14(3)12-18(20)13-17/h6-9,11-13,19,21H,4-5,10H2,1-3H3. The van der Waals surface area contributed by atoms with Crippen molar-refractivity contribution in [1.82, 2.24) is 5.32 Å². The average molecular weight is 285 g/mol. The normalized spacial score (nSPS) is 12.4. The Bertz CT molecular complexity index is 554. The lowest BCUT2D eigenvalue weighted by Crippen LogP contribution is -2.21. The molecule has 21 heavy (non-hydrogen) atoms. The van der Waals surface area contributed by atoms with Crippen LogP contribution in [0.15, 0.2) is 42.5 Å². The molecular formula is C19H24FN. The van der Waals surface area contributed by atoms with E-state index in [2.05, 4.69) is 43.4 Å². The van der Waals surface area contributed by atoms with Crippen molar-refractivity contribution in [3.05, 3.63) is 59.4 Å². The van der Waals surface area contributed by atoms with E-state index in [1.54, 1.807) is 12.1 Å². The van der Waals surface area contributed by atoms with Crippen LogP contribution in [0, 0.1) is 12.7 Å². The summed E-state index contributed by atoms with van der Waals surface area (Å²) in [5.41, 5.74) is 4.24. The number of aryl methyl sites for hydroxylation is 1. The summed E-state index contributed by atoms with van der Waals surface area (Å²) in [5.74, 6) is -0.176. The summed E-state index contributed by atoms with van der Waals surface area (Å²) in [6.07, 6.45) is 2.20. The molecule has 0 spiro atoms. The molecule has 0 aliphatic rings. The third-order valence-corrected chi connectivity index (χ3v) is 3.74. The van der Waals surface area contributed by atoms with E-state index in [4.69, 9.17) is 0 Å². The molecule has 0 fully saturated rings. The predicted molar refractivity (Wildman–Crippen MR) is 87.9 cm³/mol. The number of hydrogen-bond donors (Lipinski definition) is 1. The van der Waals surface area contributed by atoms with Crippen LogP contribution >= 0.6 is 0 Å². The lowest BCUT2D eigenvalue weighted by molar-refractivity contribution is 0.518. The molecule has 112 valence electrons. The summed E-state index contributed by atoms with van der Waals surface area (Å²) in [4.78, 5) is 0. The molecule has 2 heteroatoms. The van der Waals surface area contributed by atoms with Crippen molar-refractivity contribution in [1.29, 1.82) is 0 Å². The lowest BCUT2D eigenvalue weighted by atomic mass is 9.98. The van der Waals surface area contributed by atoms with E-state index in [9.17, 15) is 4.39 Å². The summed E-state index contributed by atoms with van der Waals surface area (Å²) in [6.45, 7) is 7.32. The summed E-state index contributed by atoms with van der Waals surface area (Å²) in [7, 11) is 0. The molecule has 0 radical (unpaired) electrons. The molecule has 0 amide bonds. The SMILES string of the molecule is CCCNC(CC)c1ccc(-c2cc(C)cc(F)c2)cc1. The summed E-state index contributed by atoms with van der Waals surface area (Å²) < 4.78 is 13.5. The van der Waals surface area contributed by atoms with Crippen molar-refractivity contribution >= 4 is 0 Å². The Morgan fingerprint density at radius 1 is 1.00 bits per heavy atom. The van der Waals surface area contributed by atoms with Crippen LogP contribution in [0.25, 0.3) is 11.1 Å². The minimum absolute atomic E-state index is 0.176. The van der Waals surface area contributed by atoms with Gasteiger partial charge in [0.15, 0.2) is 0 Å². The van der Waals surface area contributed by atoms with E-state index in [-0.39, 0.29) is 5.82 Å². The van der Waals surface area contributed by atoms with Gasteiger partial charge in [-0.1, -0.05) is 44.2 Å². The molecule has 1 N–H and O–H groups in total. The second-order valence-electron chi connectivity index (χ2n) is 5.55. The number of rotatable bonds is 6. The maximum Gasteiger partial charge on any atom is 0.124 e. The molecule has 2 rings (SSSR count). The molecule has 0 saturated carbocycles. The van der Waals surface area contributed by atoms with Crippen molar-refractivity contribution in [2.45, 2.75) is 39.7 Å². The van der Waals surface area contributed by atoms with Gasteiger partial charge in [0.25, 0.3) is 0 Å². The van der Waals surface area contributed by atoms with Gasteiger partial charge >= 0.3 is 0 Å². The van der Waals surface area contributed by atoms with Crippen LogP contribution in [-0.4, -0.2) is 6.54 Å². The van der Waals surface area contributed by atoms with Crippen molar-refractivity contribution in [2.24, 2.45) is 0 Å². The first-order valence-electron chi connectivity index (χ1n) is 7.75. The van der Waals surface area contributed by atoms with E-state index in [0.29, 0.717) is 6.04 Å². The Kier molecular flexibility index (Phi) is 5.51. The molecule has 0 saturated heterocycles. The molecule has 0 heterocycles. The maximum absolute atomic E-state index is 13.5. The lowest BCUT2D eigenvalue weighted by Gasteiger charge is -2.17. The van der Waals surface area contributed by atoms with E-state index in [0.717, 1.165) is 36.1 Å². The zero-order valence-corrected chi connectivity index (χ0v) is 13.1. The highest BCUT2D eigenvalue weighted by atomic mass is 19.1. The highest BCUT2D eigenvalue weighted by Crippen LogP contribution is 2.25. The average Bonchev–Trinajstić information content (AvgIpc) is 2.47. The van der Waals surface area contributed by atoms with Crippen LogP contribution in [0.1, 0.15) is 43.9 Å². The smallest absolute Gasteiger partial charge is 0.124 e. The van der Waals surface area contributed by atoms with E-state index in [1.165, 1.54) is 5.56 Å². The monoisotopic (exact) mass is 285 g/mol. The minimum atomic E-state index is -0.176. The molecule has 1 nitrogen and oxygen atoms in total. The Labute approximate surface area is 127 Å². The first-order chi connectivity index (χ1) is 10.1. The van der Waals surface area contributed by atoms with Crippen LogP contribution in [0.5, 0.6) is 0 Å².